The summed E-state index contributed by atoms with van der Waals surface area (Å²) in [5, 5.41) is 7.03. The Bertz CT molecular complexity index is 832. The minimum absolute atomic E-state index is 0.101. The molecule has 1 aromatic heterocycles. The quantitative estimate of drug-likeness (QED) is 0.795. The van der Waals surface area contributed by atoms with E-state index in [9.17, 15) is 9.59 Å². The number of carbonyl (C=O) groups excluding carboxylic acids is 1. The summed E-state index contributed by atoms with van der Waals surface area (Å²) in [7, 11) is 0. The van der Waals surface area contributed by atoms with Gasteiger partial charge in [0.1, 0.15) is 0 Å². The fourth-order valence-electron chi connectivity index (χ4n) is 3.52. The van der Waals surface area contributed by atoms with Crippen LogP contribution in [0.5, 0.6) is 0 Å². The van der Waals surface area contributed by atoms with Gasteiger partial charge in [-0.3, -0.25) is 9.59 Å². The summed E-state index contributed by atoms with van der Waals surface area (Å²) in [6.07, 6.45) is 5.02. The van der Waals surface area contributed by atoms with Gasteiger partial charge in [0.15, 0.2) is 5.69 Å². The highest BCUT2D eigenvalue weighted by molar-refractivity contribution is 5.92. The molecule has 1 heterocycles. The number of aryl methyl sites for hydroxylation is 1. The van der Waals surface area contributed by atoms with Crippen molar-refractivity contribution in [3.8, 4) is 5.69 Å². The van der Waals surface area contributed by atoms with Crippen LogP contribution in [0.15, 0.2) is 41.2 Å². The largest absolute Gasteiger partial charge is 0.376 e. The molecule has 1 aliphatic carbocycles. The molecule has 6 nitrogen and oxygen atoms in total. The summed E-state index contributed by atoms with van der Waals surface area (Å²) < 4.78 is 7.51. The Morgan fingerprint density at radius 2 is 2.00 bits per heavy atom. The third kappa shape index (κ3) is 4.83. The van der Waals surface area contributed by atoms with E-state index < -0.39 is 5.91 Å². The number of aromatic nitrogens is 2. The van der Waals surface area contributed by atoms with E-state index in [1.54, 1.807) is 11.6 Å². The number of rotatable bonds is 6. The van der Waals surface area contributed by atoms with Crippen LogP contribution in [0, 0.1) is 12.8 Å². The lowest BCUT2D eigenvalue weighted by molar-refractivity contribution is -0.00295. The topological polar surface area (TPSA) is 73.2 Å². The second kappa shape index (κ2) is 8.95. The van der Waals surface area contributed by atoms with E-state index in [-0.39, 0.29) is 17.2 Å². The average Bonchev–Trinajstić information content (AvgIpc) is 2.67. The van der Waals surface area contributed by atoms with E-state index in [0.29, 0.717) is 24.8 Å². The second-order valence-corrected chi connectivity index (χ2v) is 7.17. The molecule has 27 heavy (non-hydrogen) atoms. The SMILES string of the molecule is Cc1cc(=O)c(C(=O)NCCO[C@H]2CCCC[C@H]2C)nn1-c1ccccc1. The van der Waals surface area contributed by atoms with Gasteiger partial charge in [0.05, 0.1) is 18.4 Å². The molecule has 6 heteroatoms. The van der Waals surface area contributed by atoms with E-state index in [0.717, 1.165) is 12.1 Å². The Morgan fingerprint density at radius 1 is 1.26 bits per heavy atom. The maximum absolute atomic E-state index is 12.4. The van der Waals surface area contributed by atoms with Crippen LogP contribution < -0.4 is 10.7 Å². The zero-order valence-corrected chi connectivity index (χ0v) is 16.0. The maximum Gasteiger partial charge on any atom is 0.275 e. The van der Waals surface area contributed by atoms with Gasteiger partial charge < -0.3 is 10.1 Å². The Hall–Kier alpha value is -2.47. The van der Waals surface area contributed by atoms with E-state index >= 15 is 0 Å². The molecule has 144 valence electrons. The summed E-state index contributed by atoms with van der Waals surface area (Å²) in [5.41, 5.74) is 1.01. The molecule has 0 radical (unpaired) electrons. The monoisotopic (exact) mass is 369 g/mol. The fraction of sp³-hybridized carbons (Fsp3) is 0.476. The molecule has 1 amide bonds. The number of nitrogens with one attached hydrogen (secondary N) is 1. The van der Waals surface area contributed by atoms with E-state index in [2.05, 4.69) is 17.3 Å². The summed E-state index contributed by atoms with van der Waals surface area (Å²) in [6.45, 7) is 4.81. The summed E-state index contributed by atoms with van der Waals surface area (Å²) in [6, 6.07) is 10.9. The first-order valence-electron chi connectivity index (χ1n) is 9.62. The molecular weight excluding hydrogens is 342 g/mol. The number of hydrogen-bond acceptors (Lipinski definition) is 4. The van der Waals surface area contributed by atoms with Gasteiger partial charge in [0.25, 0.3) is 5.91 Å². The van der Waals surface area contributed by atoms with Gasteiger partial charge in [-0.25, -0.2) is 4.68 Å². The van der Waals surface area contributed by atoms with Gasteiger partial charge in [-0.15, -0.1) is 0 Å². The molecule has 0 unspecified atom stereocenters. The van der Waals surface area contributed by atoms with Crippen molar-refractivity contribution < 1.29 is 9.53 Å². The molecular formula is C21H27N3O3. The van der Waals surface area contributed by atoms with Gasteiger partial charge in [0.2, 0.25) is 5.43 Å². The van der Waals surface area contributed by atoms with Crippen LogP contribution in [0.25, 0.3) is 5.69 Å². The first kappa shape index (κ1) is 19.3. The number of hydrogen-bond donors (Lipinski definition) is 1. The van der Waals surface area contributed by atoms with Gasteiger partial charge in [-0.2, -0.15) is 5.10 Å². The fourth-order valence-corrected chi connectivity index (χ4v) is 3.52. The minimum Gasteiger partial charge on any atom is -0.376 e. The van der Waals surface area contributed by atoms with Crippen molar-refractivity contribution in [3.05, 3.63) is 58.0 Å². The molecule has 3 rings (SSSR count). The van der Waals surface area contributed by atoms with E-state index in [4.69, 9.17) is 4.74 Å². The normalized spacial score (nSPS) is 19.6. The van der Waals surface area contributed by atoms with Crippen molar-refractivity contribution in [3.63, 3.8) is 0 Å². The lowest BCUT2D eigenvalue weighted by atomic mass is 9.88. The maximum atomic E-state index is 12.4. The number of para-hydroxylation sites is 1. The van der Waals surface area contributed by atoms with Crippen LogP contribution in [-0.2, 0) is 4.74 Å². The van der Waals surface area contributed by atoms with Crippen LogP contribution >= 0.6 is 0 Å². The Labute approximate surface area is 159 Å². The number of amides is 1. The van der Waals surface area contributed by atoms with Crippen LogP contribution in [0.2, 0.25) is 0 Å². The average molecular weight is 369 g/mol. The first-order valence-corrected chi connectivity index (χ1v) is 9.62. The molecule has 1 fully saturated rings. The molecule has 0 aliphatic heterocycles. The highest BCUT2D eigenvalue weighted by atomic mass is 16.5. The summed E-state index contributed by atoms with van der Waals surface area (Å²) >= 11 is 0. The smallest absolute Gasteiger partial charge is 0.275 e. The third-order valence-electron chi connectivity index (χ3n) is 5.08. The van der Waals surface area contributed by atoms with Crippen molar-refractivity contribution in [2.75, 3.05) is 13.2 Å². The molecule has 1 saturated carbocycles. The zero-order valence-electron chi connectivity index (χ0n) is 16.0. The highest BCUT2D eigenvalue weighted by Gasteiger charge is 2.21. The molecule has 0 saturated heterocycles. The van der Waals surface area contributed by atoms with Crippen molar-refractivity contribution in [2.24, 2.45) is 5.92 Å². The molecule has 1 aromatic carbocycles. The summed E-state index contributed by atoms with van der Waals surface area (Å²) in [5.74, 6) is 0.0938. The van der Waals surface area contributed by atoms with Crippen LogP contribution in [-0.4, -0.2) is 34.9 Å². The molecule has 0 bridgehead atoms. The van der Waals surface area contributed by atoms with Gasteiger partial charge >= 0.3 is 0 Å². The van der Waals surface area contributed by atoms with Gasteiger partial charge in [-0.1, -0.05) is 38.0 Å². The second-order valence-electron chi connectivity index (χ2n) is 7.17. The van der Waals surface area contributed by atoms with E-state index in [1.165, 1.54) is 25.3 Å². The standard InChI is InChI=1S/C21H27N3O3/c1-15-8-6-7-11-19(15)27-13-12-22-21(26)20-18(25)14-16(2)24(23-20)17-9-4-3-5-10-17/h3-5,9-10,14-15,19H,6-8,11-13H2,1-2H3,(H,22,26)/t15-,19+/m1/s1. The first-order chi connectivity index (χ1) is 13.1. The lowest BCUT2D eigenvalue weighted by Crippen LogP contribution is -2.35. The number of carbonyl (C=O) groups is 1. The van der Waals surface area contributed by atoms with Crippen molar-refractivity contribution >= 4 is 5.91 Å². The van der Waals surface area contributed by atoms with E-state index in [1.807, 2.05) is 30.3 Å². The molecule has 2 aromatic rings. The van der Waals surface area contributed by atoms with Crippen molar-refractivity contribution in [1.29, 1.82) is 0 Å². The van der Waals surface area contributed by atoms with Crippen LogP contribution in [0.1, 0.15) is 48.8 Å². The predicted molar refractivity (Wildman–Crippen MR) is 104 cm³/mol. The molecule has 0 spiro atoms. The highest BCUT2D eigenvalue weighted by Crippen LogP contribution is 2.25. The minimum atomic E-state index is -0.468. The van der Waals surface area contributed by atoms with Gasteiger partial charge in [0, 0.05) is 18.3 Å². The van der Waals surface area contributed by atoms with Gasteiger partial charge in [-0.05, 0) is 37.8 Å². The number of nitrogens with zero attached hydrogens (tertiary/aromatic N) is 2. The Kier molecular flexibility index (Phi) is 6.40. The lowest BCUT2D eigenvalue weighted by Gasteiger charge is -2.28. The van der Waals surface area contributed by atoms with Crippen molar-refractivity contribution in [2.45, 2.75) is 45.6 Å². The summed E-state index contributed by atoms with van der Waals surface area (Å²) in [4.78, 5) is 24.7. The molecule has 2 atom stereocenters. The zero-order chi connectivity index (χ0) is 19.2. The number of benzene rings is 1. The Balaban J connectivity index is 1.62. The Morgan fingerprint density at radius 3 is 2.74 bits per heavy atom. The third-order valence-corrected chi connectivity index (χ3v) is 5.08. The predicted octanol–water partition coefficient (Wildman–Crippen LogP) is 2.87. The van der Waals surface area contributed by atoms with Crippen molar-refractivity contribution in [1.82, 2.24) is 15.1 Å². The van der Waals surface area contributed by atoms with Crippen LogP contribution in [0.4, 0.5) is 0 Å². The molecule has 1 aliphatic rings. The molecule has 1 N–H and O–H groups in total. The number of ether oxygens (including phenoxy) is 1. The van der Waals surface area contributed by atoms with Crippen LogP contribution in [0.3, 0.4) is 0 Å².